The van der Waals surface area contributed by atoms with Crippen LogP contribution in [0.4, 0.5) is 0 Å². The zero-order valence-corrected chi connectivity index (χ0v) is 13.6. The third-order valence-electron chi connectivity index (χ3n) is 5.57. The number of nitrogens with zero attached hydrogens (tertiary/aromatic N) is 2. The molecule has 0 amide bonds. The van der Waals surface area contributed by atoms with Gasteiger partial charge in [-0.15, -0.1) is 0 Å². The first kappa shape index (κ1) is 16.3. The fourth-order valence-corrected chi connectivity index (χ4v) is 4.26. The second-order valence-electron chi connectivity index (χ2n) is 6.82. The van der Waals surface area contributed by atoms with Crippen molar-refractivity contribution in [2.45, 2.75) is 70.3 Å². The molecule has 20 heavy (non-hydrogen) atoms. The van der Waals surface area contributed by atoms with Crippen LogP contribution in [0.25, 0.3) is 0 Å². The van der Waals surface area contributed by atoms with E-state index in [0.717, 1.165) is 13.1 Å². The van der Waals surface area contributed by atoms with Crippen LogP contribution in [0.15, 0.2) is 0 Å². The Kier molecular flexibility index (Phi) is 6.79. The molecule has 0 radical (unpaired) electrons. The lowest BCUT2D eigenvalue weighted by molar-refractivity contribution is 0.0791. The molecule has 3 nitrogen and oxygen atoms in total. The minimum atomic E-state index is 0.316. The summed E-state index contributed by atoms with van der Waals surface area (Å²) in [5.41, 5.74) is 6.54. The quantitative estimate of drug-likeness (QED) is 0.728. The van der Waals surface area contributed by atoms with Crippen LogP contribution in [0.3, 0.4) is 0 Å². The zero-order valence-electron chi connectivity index (χ0n) is 13.6. The molecule has 0 aromatic carbocycles. The first-order chi connectivity index (χ1) is 9.80. The van der Waals surface area contributed by atoms with Crippen molar-refractivity contribution in [3.05, 3.63) is 0 Å². The molecule has 0 bridgehead atoms. The second kappa shape index (κ2) is 8.35. The van der Waals surface area contributed by atoms with E-state index in [1.807, 2.05) is 0 Å². The molecule has 1 saturated carbocycles. The average molecular weight is 281 g/mol. The van der Waals surface area contributed by atoms with Gasteiger partial charge in [-0.25, -0.2) is 0 Å². The first-order valence-electron chi connectivity index (χ1n) is 8.98. The summed E-state index contributed by atoms with van der Waals surface area (Å²) in [5.74, 6) is 0. The fourth-order valence-electron chi connectivity index (χ4n) is 4.26. The predicted octanol–water partition coefficient (Wildman–Crippen LogP) is 2.85. The molecule has 3 heteroatoms. The van der Waals surface area contributed by atoms with Crippen LogP contribution < -0.4 is 5.73 Å². The van der Waals surface area contributed by atoms with Gasteiger partial charge in [-0.3, -0.25) is 4.90 Å². The van der Waals surface area contributed by atoms with E-state index < -0.39 is 0 Å². The van der Waals surface area contributed by atoms with E-state index in [0.29, 0.717) is 5.54 Å². The van der Waals surface area contributed by atoms with Gasteiger partial charge in [0.25, 0.3) is 0 Å². The third kappa shape index (κ3) is 4.19. The van der Waals surface area contributed by atoms with E-state index in [4.69, 9.17) is 5.73 Å². The Labute approximate surface area is 125 Å². The van der Waals surface area contributed by atoms with Gasteiger partial charge >= 0.3 is 0 Å². The number of likely N-dealkylation sites (tertiary alicyclic amines) is 1. The lowest BCUT2D eigenvalue weighted by atomic mass is 9.88. The van der Waals surface area contributed by atoms with Crippen LogP contribution in [0.5, 0.6) is 0 Å². The molecular formula is C17H35N3. The largest absolute Gasteiger partial charge is 0.329 e. The van der Waals surface area contributed by atoms with Gasteiger partial charge in [0.1, 0.15) is 0 Å². The highest BCUT2D eigenvalue weighted by molar-refractivity contribution is 4.93. The molecule has 2 N–H and O–H groups in total. The van der Waals surface area contributed by atoms with Crippen molar-refractivity contribution in [1.29, 1.82) is 0 Å². The fraction of sp³-hybridized carbons (Fsp3) is 1.00. The molecule has 0 spiro atoms. The maximum atomic E-state index is 6.23. The zero-order chi connectivity index (χ0) is 14.3. The minimum absolute atomic E-state index is 0.316. The van der Waals surface area contributed by atoms with Crippen molar-refractivity contribution in [2.24, 2.45) is 5.73 Å². The molecule has 1 aliphatic carbocycles. The van der Waals surface area contributed by atoms with Crippen LogP contribution in [-0.2, 0) is 0 Å². The second-order valence-corrected chi connectivity index (χ2v) is 6.82. The van der Waals surface area contributed by atoms with Crippen molar-refractivity contribution in [3.8, 4) is 0 Å². The summed E-state index contributed by atoms with van der Waals surface area (Å²) in [6, 6.07) is 0. The molecule has 1 saturated heterocycles. The van der Waals surface area contributed by atoms with Gasteiger partial charge in [0, 0.05) is 12.1 Å². The maximum absolute atomic E-state index is 6.23. The van der Waals surface area contributed by atoms with Crippen molar-refractivity contribution in [2.75, 3.05) is 39.3 Å². The van der Waals surface area contributed by atoms with E-state index in [1.54, 1.807) is 0 Å². The van der Waals surface area contributed by atoms with Gasteiger partial charge in [-0.2, -0.15) is 0 Å². The highest BCUT2D eigenvalue weighted by atomic mass is 15.2. The van der Waals surface area contributed by atoms with E-state index >= 15 is 0 Å². The van der Waals surface area contributed by atoms with Gasteiger partial charge in [-0.1, -0.05) is 32.6 Å². The average Bonchev–Trinajstić information content (AvgIpc) is 2.87. The van der Waals surface area contributed by atoms with E-state index in [9.17, 15) is 0 Å². The van der Waals surface area contributed by atoms with Gasteiger partial charge in [0.2, 0.25) is 0 Å². The van der Waals surface area contributed by atoms with Crippen LogP contribution in [-0.4, -0.2) is 54.6 Å². The molecule has 118 valence electrons. The summed E-state index contributed by atoms with van der Waals surface area (Å²) < 4.78 is 0. The maximum Gasteiger partial charge on any atom is 0.0331 e. The molecule has 0 unspecified atom stereocenters. The predicted molar refractivity (Wildman–Crippen MR) is 87.0 cm³/mol. The van der Waals surface area contributed by atoms with E-state index in [-0.39, 0.29) is 0 Å². The highest BCUT2D eigenvalue weighted by Gasteiger charge is 2.34. The van der Waals surface area contributed by atoms with Crippen molar-refractivity contribution >= 4 is 0 Å². The molecule has 2 aliphatic rings. The summed E-state index contributed by atoms with van der Waals surface area (Å²) in [4.78, 5) is 5.35. The summed E-state index contributed by atoms with van der Waals surface area (Å²) in [5, 5.41) is 0. The number of nitrogens with two attached hydrogens (primary N) is 1. The SMILES string of the molecule is CCN(CCCN1CCCC1)C1(CN)CCCCCC1. The van der Waals surface area contributed by atoms with Gasteiger partial charge < -0.3 is 10.6 Å². The Morgan fingerprint density at radius 2 is 1.65 bits per heavy atom. The van der Waals surface area contributed by atoms with Crippen LogP contribution in [0.1, 0.15) is 64.7 Å². The Morgan fingerprint density at radius 1 is 1.00 bits per heavy atom. The summed E-state index contributed by atoms with van der Waals surface area (Å²) >= 11 is 0. The Bertz CT molecular complexity index is 253. The summed E-state index contributed by atoms with van der Waals surface area (Å²) in [6.45, 7) is 9.52. The Hall–Kier alpha value is -0.120. The Balaban J connectivity index is 1.83. The minimum Gasteiger partial charge on any atom is -0.329 e. The number of rotatable bonds is 7. The highest BCUT2D eigenvalue weighted by Crippen LogP contribution is 2.32. The monoisotopic (exact) mass is 281 g/mol. The van der Waals surface area contributed by atoms with Gasteiger partial charge in [0.05, 0.1) is 0 Å². The van der Waals surface area contributed by atoms with Crippen molar-refractivity contribution < 1.29 is 0 Å². The standard InChI is InChI=1S/C17H35N3/c1-2-20(15-9-14-19-12-7-8-13-19)17(16-18)10-5-3-4-6-11-17/h2-16,18H2,1H3. The number of hydrogen-bond acceptors (Lipinski definition) is 3. The van der Waals surface area contributed by atoms with E-state index in [1.165, 1.54) is 84.0 Å². The van der Waals surface area contributed by atoms with Crippen LogP contribution >= 0.6 is 0 Å². The lowest BCUT2D eigenvalue weighted by Crippen LogP contribution is -2.54. The third-order valence-corrected chi connectivity index (χ3v) is 5.57. The van der Waals surface area contributed by atoms with Gasteiger partial charge in [0.15, 0.2) is 0 Å². The van der Waals surface area contributed by atoms with E-state index in [2.05, 4.69) is 16.7 Å². The molecule has 0 aromatic heterocycles. The molecule has 0 aromatic rings. The van der Waals surface area contributed by atoms with Crippen molar-refractivity contribution in [1.82, 2.24) is 9.80 Å². The first-order valence-corrected chi connectivity index (χ1v) is 8.98. The molecule has 2 rings (SSSR count). The number of hydrogen-bond donors (Lipinski definition) is 1. The molecule has 0 atom stereocenters. The molecule has 1 heterocycles. The lowest BCUT2D eigenvalue weighted by Gasteiger charge is -2.43. The molecule has 1 aliphatic heterocycles. The molecule has 2 fully saturated rings. The van der Waals surface area contributed by atoms with Crippen LogP contribution in [0, 0.1) is 0 Å². The van der Waals surface area contributed by atoms with Gasteiger partial charge in [-0.05, 0) is 64.8 Å². The Morgan fingerprint density at radius 3 is 2.20 bits per heavy atom. The topological polar surface area (TPSA) is 32.5 Å². The van der Waals surface area contributed by atoms with Crippen molar-refractivity contribution in [3.63, 3.8) is 0 Å². The molecular weight excluding hydrogens is 246 g/mol. The van der Waals surface area contributed by atoms with Crippen LogP contribution in [0.2, 0.25) is 0 Å². The summed E-state index contributed by atoms with van der Waals surface area (Å²) in [7, 11) is 0. The smallest absolute Gasteiger partial charge is 0.0331 e. The number of likely N-dealkylation sites (N-methyl/N-ethyl adjacent to an activating group) is 1. The summed E-state index contributed by atoms with van der Waals surface area (Å²) in [6.07, 6.45) is 12.3. The normalized spacial score (nSPS) is 24.1.